The van der Waals surface area contributed by atoms with Gasteiger partial charge in [0, 0.05) is 25.2 Å². The number of hydrogen-bond acceptors (Lipinski definition) is 4. The van der Waals surface area contributed by atoms with E-state index in [0.717, 1.165) is 36.2 Å². The topological polar surface area (TPSA) is 89.2 Å². The number of hydrogen-bond donors (Lipinski definition) is 2. The Balaban J connectivity index is 1.53. The van der Waals surface area contributed by atoms with Crippen LogP contribution in [0.2, 0.25) is 0 Å². The van der Waals surface area contributed by atoms with E-state index in [0.29, 0.717) is 37.0 Å². The van der Waals surface area contributed by atoms with Gasteiger partial charge in [0.1, 0.15) is 0 Å². The molecule has 7 heteroatoms. The summed E-state index contributed by atoms with van der Waals surface area (Å²) < 4.78 is 10.5. The Morgan fingerprint density at radius 1 is 1.07 bits per heavy atom. The van der Waals surface area contributed by atoms with E-state index in [-0.39, 0.29) is 5.91 Å². The molecule has 0 spiro atoms. The molecule has 0 aliphatic carbocycles. The van der Waals surface area contributed by atoms with Crippen molar-refractivity contribution in [2.24, 2.45) is 10.7 Å². The number of nitrogens with two attached hydrogens (primary N) is 1. The third-order valence-electron chi connectivity index (χ3n) is 4.92. The Kier molecular flexibility index (Phi) is 6.94. The molecule has 7 nitrogen and oxygen atoms in total. The normalized spacial score (nSPS) is 14.6. The highest BCUT2D eigenvalue weighted by atomic mass is 16.5. The van der Waals surface area contributed by atoms with Gasteiger partial charge < -0.3 is 25.4 Å². The van der Waals surface area contributed by atoms with E-state index in [1.54, 1.807) is 14.2 Å². The van der Waals surface area contributed by atoms with Gasteiger partial charge in [-0.3, -0.25) is 4.79 Å². The minimum atomic E-state index is 0.202. The van der Waals surface area contributed by atoms with Gasteiger partial charge in [0.15, 0.2) is 17.5 Å². The molecular formula is C22H28N4O3. The molecule has 154 valence electrons. The number of carbonyl (C=O) groups is 1. The van der Waals surface area contributed by atoms with Crippen LogP contribution in [0.25, 0.3) is 0 Å². The van der Waals surface area contributed by atoms with Gasteiger partial charge >= 0.3 is 0 Å². The van der Waals surface area contributed by atoms with Crippen molar-refractivity contribution in [2.75, 3.05) is 25.7 Å². The van der Waals surface area contributed by atoms with Gasteiger partial charge in [-0.2, -0.15) is 0 Å². The zero-order chi connectivity index (χ0) is 20.6. The summed E-state index contributed by atoms with van der Waals surface area (Å²) in [7, 11) is 3.21. The number of guanidine groups is 1. The van der Waals surface area contributed by atoms with E-state index in [1.165, 1.54) is 0 Å². The van der Waals surface area contributed by atoms with Crippen molar-refractivity contribution in [1.82, 2.24) is 5.32 Å². The molecule has 0 saturated carbocycles. The minimum absolute atomic E-state index is 0.202. The maximum absolute atomic E-state index is 12.0. The molecule has 0 bridgehead atoms. The number of rotatable bonds is 7. The maximum atomic E-state index is 12.0. The molecule has 1 fully saturated rings. The molecule has 1 aliphatic heterocycles. The Morgan fingerprint density at radius 2 is 1.79 bits per heavy atom. The maximum Gasteiger partial charge on any atom is 0.226 e. The first-order chi connectivity index (χ1) is 14.1. The largest absolute Gasteiger partial charge is 0.493 e. The molecule has 2 aromatic carbocycles. The van der Waals surface area contributed by atoms with Gasteiger partial charge in [-0.25, -0.2) is 4.99 Å². The summed E-state index contributed by atoms with van der Waals surface area (Å²) in [6.07, 6.45) is 2.68. The minimum Gasteiger partial charge on any atom is -0.493 e. The highest BCUT2D eigenvalue weighted by molar-refractivity contribution is 5.93. The van der Waals surface area contributed by atoms with Gasteiger partial charge in [0.2, 0.25) is 5.91 Å². The van der Waals surface area contributed by atoms with Crippen LogP contribution in [-0.2, 0) is 17.9 Å². The second-order valence-corrected chi connectivity index (χ2v) is 6.91. The van der Waals surface area contributed by atoms with Crippen molar-refractivity contribution >= 4 is 17.6 Å². The molecule has 3 N–H and O–H groups in total. The Hall–Kier alpha value is -3.22. The van der Waals surface area contributed by atoms with Crippen molar-refractivity contribution in [3.8, 4) is 11.5 Å². The van der Waals surface area contributed by atoms with E-state index >= 15 is 0 Å². The third kappa shape index (κ3) is 5.40. The summed E-state index contributed by atoms with van der Waals surface area (Å²) in [5.41, 5.74) is 8.99. The number of benzene rings is 2. The average Bonchev–Trinajstić information content (AvgIpc) is 2.76. The lowest BCUT2D eigenvalue weighted by molar-refractivity contribution is -0.119. The number of nitrogens with zero attached hydrogens (tertiary/aromatic N) is 2. The third-order valence-corrected chi connectivity index (χ3v) is 4.92. The van der Waals surface area contributed by atoms with Gasteiger partial charge in [0.25, 0.3) is 0 Å². The quantitative estimate of drug-likeness (QED) is 0.555. The molecule has 0 radical (unpaired) electrons. The fourth-order valence-corrected chi connectivity index (χ4v) is 3.28. The number of aliphatic imine (C=N–C) groups is 1. The van der Waals surface area contributed by atoms with Crippen molar-refractivity contribution in [3.05, 3.63) is 53.6 Å². The zero-order valence-electron chi connectivity index (χ0n) is 17.0. The smallest absolute Gasteiger partial charge is 0.226 e. The highest BCUT2D eigenvalue weighted by Gasteiger charge is 2.19. The molecule has 1 aliphatic rings. The summed E-state index contributed by atoms with van der Waals surface area (Å²) in [4.78, 5) is 18.3. The van der Waals surface area contributed by atoms with Crippen LogP contribution < -0.4 is 25.4 Å². The summed E-state index contributed by atoms with van der Waals surface area (Å²) >= 11 is 0. The second kappa shape index (κ2) is 9.82. The van der Waals surface area contributed by atoms with Crippen LogP contribution in [0.4, 0.5) is 5.69 Å². The van der Waals surface area contributed by atoms with Gasteiger partial charge in [-0.05, 0) is 48.2 Å². The van der Waals surface area contributed by atoms with E-state index in [1.807, 2.05) is 47.4 Å². The first kappa shape index (κ1) is 20.5. The molecule has 0 aromatic heterocycles. The van der Waals surface area contributed by atoms with Crippen molar-refractivity contribution in [2.45, 2.75) is 32.4 Å². The van der Waals surface area contributed by atoms with Crippen LogP contribution in [0, 0.1) is 0 Å². The van der Waals surface area contributed by atoms with E-state index in [4.69, 9.17) is 15.2 Å². The van der Waals surface area contributed by atoms with E-state index < -0.39 is 0 Å². The standard InChI is InChI=1S/C22H28N4O3/c1-28-19-11-8-17(13-20(19)29-2)15-25-22(23)24-14-16-6-9-18(10-7-16)26-12-4-3-5-21(26)27/h6-11,13H,3-5,12,14-15H2,1-2H3,(H3,23,24,25). The first-order valence-electron chi connectivity index (χ1n) is 9.74. The van der Waals surface area contributed by atoms with Crippen molar-refractivity contribution in [1.29, 1.82) is 0 Å². The molecule has 1 saturated heterocycles. The van der Waals surface area contributed by atoms with Crippen LogP contribution in [-0.4, -0.2) is 32.6 Å². The highest BCUT2D eigenvalue weighted by Crippen LogP contribution is 2.27. The predicted molar refractivity (Wildman–Crippen MR) is 114 cm³/mol. The average molecular weight is 396 g/mol. The van der Waals surface area contributed by atoms with Crippen LogP contribution >= 0.6 is 0 Å². The fourth-order valence-electron chi connectivity index (χ4n) is 3.28. The number of anilines is 1. The molecule has 1 heterocycles. The fraction of sp³-hybridized carbons (Fsp3) is 0.364. The Labute approximate surface area is 171 Å². The van der Waals surface area contributed by atoms with E-state index in [2.05, 4.69) is 10.3 Å². The predicted octanol–water partition coefficient (Wildman–Crippen LogP) is 2.83. The number of carbonyl (C=O) groups excluding carboxylic acids is 1. The second-order valence-electron chi connectivity index (χ2n) is 6.91. The van der Waals surface area contributed by atoms with Gasteiger partial charge in [0.05, 0.1) is 20.8 Å². The number of methoxy groups -OCH3 is 2. The van der Waals surface area contributed by atoms with Crippen LogP contribution in [0.15, 0.2) is 47.5 Å². The molecule has 0 atom stereocenters. The van der Waals surface area contributed by atoms with Crippen LogP contribution in [0.1, 0.15) is 30.4 Å². The summed E-state index contributed by atoms with van der Waals surface area (Å²) in [5.74, 6) is 1.92. The molecule has 2 aromatic rings. The Bertz CT molecular complexity index is 865. The molecule has 3 rings (SSSR count). The lowest BCUT2D eigenvalue weighted by Gasteiger charge is -2.26. The number of ether oxygens (including phenoxy) is 2. The lowest BCUT2D eigenvalue weighted by atomic mass is 10.1. The van der Waals surface area contributed by atoms with Crippen LogP contribution in [0.5, 0.6) is 11.5 Å². The SMILES string of the molecule is COc1ccc(CN=C(N)NCc2ccc(N3CCCCC3=O)cc2)cc1OC. The Morgan fingerprint density at radius 3 is 2.48 bits per heavy atom. The van der Waals surface area contributed by atoms with Gasteiger partial charge in [-0.15, -0.1) is 0 Å². The zero-order valence-corrected chi connectivity index (χ0v) is 17.0. The van der Waals surface area contributed by atoms with E-state index in [9.17, 15) is 4.79 Å². The van der Waals surface area contributed by atoms with Crippen molar-refractivity contribution < 1.29 is 14.3 Å². The number of nitrogens with one attached hydrogen (secondary N) is 1. The summed E-state index contributed by atoms with van der Waals surface area (Å²) in [5, 5.41) is 3.12. The molecular weight excluding hydrogens is 368 g/mol. The molecule has 1 amide bonds. The lowest BCUT2D eigenvalue weighted by Crippen LogP contribution is -2.35. The number of amides is 1. The van der Waals surface area contributed by atoms with Gasteiger partial charge in [-0.1, -0.05) is 18.2 Å². The summed E-state index contributed by atoms with van der Waals surface area (Å²) in [6, 6.07) is 13.6. The van der Waals surface area contributed by atoms with Crippen molar-refractivity contribution in [3.63, 3.8) is 0 Å². The molecule has 0 unspecified atom stereocenters. The monoisotopic (exact) mass is 396 g/mol. The first-order valence-corrected chi connectivity index (χ1v) is 9.74. The number of piperidine rings is 1. The summed E-state index contributed by atoms with van der Waals surface area (Å²) in [6.45, 7) is 1.80. The van der Waals surface area contributed by atoms with Crippen LogP contribution in [0.3, 0.4) is 0 Å². The molecule has 29 heavy (non-hydrogen) atoms.